The highest BCUT2D eigenvalue weighted by molar-refractivity contribution is 8.32. The van der Waals surface area contributed by atoms with E-state index in [1.165, 1.54) is 17.3 Å². The van der Waals surface area contributed by atoms with Gasteiger partial charge in [0.05, 0.1) is 5.69 Å². The topological polar surface area (TPSA) is 24.8 Å². The van der Waals surface area contributed by atoms with E-state index in [0.717, 1.165) is 11.4 Å². The Morgan fingerprint density at radius 3 is 2.27 bits per heavy atom. The molecular formula is C17H18N2OS2. The van der Waals surface area contributed by atoms with Gasteiger partial charge in [0, 0.05) is 14.1 Å². The van der Waals surface area contributed by atoms with E-state index >= 15 is 0 Å². The Bertz CT molecular complexity index is 652. The van der Waals surface area contributed by atoms with Crippen molar-refractivity contribution in [3.8, 4) is 5.75 Å². The molecule has 0 aromatic heterocycles. The van der Waals surface area contributed by atoms with Gasteiger partial charge in [-0.1, -0.05) is 48.1 Å². The van der Waals surface area contributed by atoms with Crippen LogP contribution >= 0.6 is 24.0 Å². The van der Waals surface area contributed by atoms with Gasteiger partial charge in [-0.25, -0.2) is 4.99 Å². The molecule has 0 fully saturated rings. The first kappa shape index (κ1) is 16.5. The number of nitrogens with zero attached hydrogens (tertiary/aromatic N) is 2. The molecule has 3 nitrogen and oxygen atoms in total. The zero-order valence-corrected chi connectivity index (χ0v) is 14.4. The van der Waals surface area contributed by atoms with Crippen molar-refractivity contribution in [2.75, 3.05) is 14.1 Å². The fourth-order valence-corrected chi connectivity index (χ4v) is 2.38. The summed E-state index contributed by atoms with van der Waals surface area (Å²) in [5.74, 6) is 0.745. The number of aryl methyl sites for hydroxylation is 1. The summed E-state index contributed by atoms with van der Waals surface area (Å²) in [5.41, 5.74) is 2.02. The van der Waals surface area contributed by atoms with Gasteiger partial charge in [-0.05, 0) is 43.0 Å². The van der Waals surface area contributed by atoms with Gasteiger partial charge in [0.1, 0.15) is 10.1 Å². The van der Waals surface area contributed by atoms with Crippen molar-refractivity contribution >= 4 is 39.2 Å². The zero-order chi connectivity index (χ0) is 15.9. The van der Waals surface area contributed by atoms with Crippen molar-refractivity contribution in [2.45, 2.75) is 6.92 Å². The lowest BCUT2D eigenvalue weighted by Gasteiger charge is -2.14. The van der Waals surface area contributed by atoms with Crippen LogP contribution in [0.4, 0.5) is 5.69 Å². The first-order valence-corrected chi connectivity index (χ1v) is 8.04. The highest BCUT2D eigenvalue weighted by atomic mass is 32.2. The molecule has 0 bridgehead atoms. The van der Waals surface area contributed by atoms with Gasteiger partial charge in [-0.15, -0.1) is 0 Å². The molecule has 0 amide bonds. The van der Waals surface area contributed by atoms with Crippen LogP contribution in [0, 0.1) is 6.92 Å². The summed E-state index contributed by atoms with van der Waals surface area (Å²) >= 11 is 6.67. The maximum absolute atomic E-state index is 5.89. The van der Waals surface area contributed by atoms with E-state index in [9.17, 15) is 0 Å². The number of hydrogen-bond acceptors (Lipinski definition) is 4. The van der Waals surface area contributed by atoms with Crippen molar-refractivity contribution in [1.29, 1.82) is 0 Å². The predicted octanol–water partition coefficient (Wildman–Crippen LogP) is 4.64. The Morgan fingerprint density at radius 1 is 1.05 bits per heavy atom. The highest BCUT2D eigenvalue weighted by Gasteiger charge is 2.10. The molecule has 0 aliphatic heterocycles. The predicted molar refractivity (Wildman–Crippen MR) is 99.2 cm³/mol. The lowest BCUT2D eigenvalue weighted by molar-refractivity contribution is 0.566. The third-order valence-corrected chi connectivity index (χ3v) is 4.25. The molecule has 0 N–H and O–H groups in total. The zero-order valence-electron chi connectivity index (χ0n) is 12.8. The van der Waals surface area contributed by atoms with E-state index in [1.54, 1.807) is 0 Å². The van der Waals surface area contributed by atoms with Crippen LogP contribution in [0.1, 0.15) is 5.56 Å². The summed E-state index contributed by atoms with van der Waals surface area (Å²) in [6.07, 6.45) is 0. The van der Waals surface area contributed by atoms with Crippen LogP contribution in [0.25, 0.3) is 0 Å². The Labute approximate surface area is 141 Å². The smallest absolute Gasteiger partial charge is 0.263 e. The third kappa shape index (κ3) is 5.16. The van der Waals surface area contributed by atoms with E-state index in [-0.39, 0.29) is 0 Å². The summed E-state index contributed by atoms with van der Waals surface area (Å²) in [4.78, 5) is 6.40. The maximum Gasteiger partial charge on any atom is 0.263 e. The SMILES string of the molecule is Cc1ccc(OC(=Nc2ccccc2)SC(=S)N(C)C)cc1. The second-order valence-electron chi connectivity index (χ2n) is 4.89. The molecule has 0 heterocycles. The highest BCUT2D eigenvalue weighted by Crippen LogP contribution is 2.21. The van der Waals surface area contributed by atoms with Crippen LogP contribution < -0.4 is 4.74 Å². The van der Waals surface area contributed by atoms with Gasteiger partial charge < -0.3 is 9.64 Å². The van der Waals surface area contributed by atoms with Crippen molar-refractivity contribution < 1.29 is 4.74 Å². The molecule has 0 unspecified atom stereocenters. The minimum Gasteiger partial charge on any atom is -0.433 e. The first-order chi connectivity index (χ1) is 10.5. The molecule has 0 radical (unpaired) electrons. The molecule has 0 aliphatic carbocycles. The lowest BCUT2D eigenvalue weighted by Crippen LogP contribution is -2.19. The average molecular weight is 330 g/mol. The number of aliphatic imine (C=N–C) groups is 1. The molecule has 0 spiro atoms. The van der Waals surface area contributed by atoms with Gasteiger partial charge in [0.25, 0.3) is 5.23 Å². The number of para-hydroxylation sites is 1. The molecular weight excluding hydrogens is 312 g/mol. The van der Waals surface area contributed by atoms with Crippen molar-refractivity contribution in [3.63, 3.8) is 0 Å². The number of thioether (sulfide) groups is 1. The Kier molecular flexibility index (Phi) is 5.98. The van der Waals surface area contributed by atoms with Gasteiger partial charge in [0.15, 0.2) is 0 Å². The molecule has 0 atom stereocenters. The Balaban J connectivity index is 2.23. The van der Waals surface area contributed by atoms with E-state index in [2.05, 4.69) is 4.99 Å². The van der Waals surface area contributed by atoms with Crippen molar-refractivity contribution in [2.24, 2.45) is 4.99 Å². The molecule has 2 aromatic rings. The van der Waals surface area contributed by atoms with Gasteiger partial charge in [-0.2, -0.15) is 0 Å². The maximum atomic E-state index is 5.89. The molecule has 0 saturated heterocycles. The quantitative estimate of drug-likeness (QED) is 0.455. The molecule has 0 saturated carbocycles. The number of thiocarbonyl (C=S) groups is 1. The number of hydrogen-bond donors (Lipinski definition) is 0. The monoisotopic (exact) mass is 330 g/mol. The summed E-state index contributed by atoms with van der Waals surface area (Å²) in [6, 6.07) is 17.6. The van der Waals surface area contributed by atoms with Gasteiger partial charge in [-0.3, -0.25) is 0 Å². The van der Waals surface area contributed by atoms with Crippen LogP contribution in [-0.2, 0) is 0 Å². The number of benzene rings is 2. The molecule has 22 heavy (non-hydrogen) atoms. The van der Waals surface area contributed by atoms with Crippen LogP contribution in [0.2, 0.25) is 0 Å². The fraction of sp³-hybridized carbons (Fsp3) is 0.176. The molecule has 2 rings (SSSR count). The van der Waals surface area contributed by atoms with Crippen LogP contribution in [0.5, 0.6) is 5.75 Å². The van der Waals surface area contributed by atoms with Crippen molar-refractivity contribution in [3.05, 3.63) is 60.2 Å². The second-order valence-corrected chi connectivity index (χ2v) is 6.48. The summed E-state index contributed by atoms with van der Waals surface area (Å²) in [5, 5.41) is 0.508. The number of rotatable bonds is 2. The first-order valence-electron chi connectivity index (χ1n) is 6.82. The standard InChI is InChI=1S/C17H18N2OS2/c1-13-9-11-15(12-10-13)20-16(22-17(21)19(2)3)18-14-7-5-4-6-8-14/h4-12H,1-3H3. The number of ether oxygens (including phenoxy) is 1. The minimum absolute atomic E-state index is 0.508. The second kappa shape index (κ2) is 7.96. The van der Waals surface area contributed by atoms with E-state index in [4.69, 9.17) is 17.0 Å². The average Bonchev–Trinajstić information content (AvgIpc) is 2.50. The lowest BCUT2D eigenvalue weighted by atomic mass is 10.2. The normalized spacial score (nSPS) is 11.1. The fourth-order valence-electron chi connectivity index (χ4n) is 1.55. The summed E-state index contributed by atoms with van der Waals surface area (Å²) in [6.45, 7) is 2.04. The van der Waals surface area contributed by atoms with Crippen LogP contribution in [0.15, 0.2) is 59.6 Å². The largest absolute Gasteiger partial charge is 0.433 e. The Hall–Kier alpha value is -1.85. The van der Waals surface area contributed by atoms with Crippen molar-refractivity contribution in [1.82, 2.24) is 4.90 Å². The molecule has 114 valence electrons. The molecule has 2 aromatic carbocycles. The molecule has 5 heteroatoms. The van der Waals surface area contributed by atoms with Crippen LogP contribution in [-0.4, -0.2) is 28.5 Å². The van der Waals surface area contributed by atoms with Gasteiger partial charge >= 0.3 is 0 Å². The minimum atomic E-state index is 0.508. The van der Waals surface area contributed by atoms with E-state index < -0.39 is 0 Å². The van der Waals surface area contributed by atoms with Gasteiger partial charge in [0.2, 0.25) is 0 Å². The third-order valence-electron chi connectivity index (χ3n) is 2.74. The van der Waals surface area contributed by atoms with E-state index in [1.807, 2.05) is 80.5 Å². The van der Waals surface area contributed by atoms with Crippen LogP contribution in [0.3, 0.4) is 0 Å². The van der Waals surface area contributed by atoms with E-state index in [0.29, 0.717) is 9.55 Å². The summed E-state index contributed by atoms with van der Waals surface area (Å²) < 4.78 is 6.59. The summed E-state index contributed by atoms with van der Waals surface area (Å²) in [7, 11) is 3.81. The Morgan fingerprint density at radius 2 is 1.68 bits per heavy atom. The molecule has 0 aliphatic rings.